The van der Waals surface area contributed by atoms with Crippen LogP contribution in [0.4, 0.5) is 0 Å². The number of methoxy groups -OCH3 is 2. The molecule has 1 aromatic carbocycles. The summed E-state index contributed by atoms with van der Waals surface area (Å²) in [5, 5.41) is 6.73. The van der Waals surface area contributed by atoms with Gasteiger partial charge in [-0.1, -0.05) is 17.3 Å². The molecule has 3 rings (SSSR count). The first-order valence-corrected chi connectivity index (χ1v) is 10.4. The van der Waals surface area contributed by atoms with Gasteiger partial charge in [0.05, 0.1) is 19.8 Å². The second-order valence-electron chi connectivity index (χ2n) is 7.29. The van der Waals surface area contributed by atoms with E-state index in [0.29, 0.717) is 37.8 Å². The van der Waals surface area contributed by atoms with Crippen LogP contribution < -0.4 is 10.1 Å². The summed E-state index contributed by atoms with van der Waals surface area (Å²) in [6.45, 7) is 2.23. The highest BCUT2D eigenvalue weighted by atomic mass is 16.5. The minimum atomic E-state index is -0.293. The van der Waals surface area contributed by atoms with E-state index in [1.165, 1.54) is 0 Å². The molecule has 9 nitrogen and oxygen atoms in total. The highest BCUT2D eigenvalue weighted by molar-refractivity contribution is 5.93. The number of ether oxygens (including phenoxy) is 3. The van der Waals surface area contributed by atoms with Crippen molar-refractivity contribution in [1.29, 1.82) is 0 Å². The minimum absolute atomic E-state index is 0.0368. The molecule has 1 atom stereocenters. The van der Waals surface area contributed by atoms with Crippen LogP contribution in [-0.2, 0) is 14.3 Å². The molecule has 0 saturated carbocycles. The predicted molar refractivity (Wildman–Crippen MR) is 113 cm³/mol. The lowest BCUT2D eigenvalue weighted by atomic mass is 10.1. The fourth-order valence-electron chi connectivity index (χ4n) is 3.38. The van der Waals surface area contributed by atoms with Crippen LogP contribution in [0.1, 0.15) is 29.8 Å². The average Bonchev–Trinajstić information content (AvgIpc) is 3.48. The van der Waals surface area contributed by atoms with Gasteiger partial charge in [0.25, 0.3) is 5.91 Å². The van der Waals surface area contributed by atoms with Crippen LogP contribution in [0, 0.1) is 0 Å². The number of carbonyl (C=O) groups is 2. The molecule has 1 saturated heterocycles. The zero-order valence-electron chi connectivity index (χ0n) is 18.0. The van der Waals surface area contributed by atoms with Gasteiger partial charge in [-0.25, -0.2) is 0 Å². The van der Waals surface area contributed by atoms with Gasteiger partial charge in [-0.05, 0) is 25.0 Å². The van der Waals surface area contributed by atoms with Gasteiger partial charge in [-0.2, -0.15) is 0 Å². The van der Waals surface area contributed by atoms with E-state index in [2.05, 4.69) is 10.5 Å². The number of carbonyl (C=O) groups excluding carboxylic acids is 2. The Bertz CT molecular complexity index is 862. The number of benzene rings is 1. The molecular formula is C22H29N3O6. The molecule has 1 aromatic heterocycles. The molecule has 0 unspecified atom stereocenters. The number of nitrogens with zero attached hydrogens (tertiary/aromatic N) is 2. The summed E-state index contributed by atoms with van der Waals surface area (Å²) in [6.07, 6.45) is 2.00. The van der Waals surface area contributed by atoms with Gasteiger partial charge in [0.2, 0.25) is 5.91 Å². The molecule has 168 valence electrons. The maximum atomic E-state index is 13.1. The predicted octanol–water partition coefficient (Wildman–Crippen LogP) is 2.12. The lowest BCUT2D eigenvalue weighted by molar-refractivity contribution is -0.121. The fourth-order valence-corrected chi connectivity index (χ4v) is 3.38. The molecule has 0 spiro atoms. The second kappa shape index (κ2) is 11.5. The van der Waals surface area contributed by atoms with Crippen LogP contribution in [0.15, 0.2) is 34.9 Å². The molecule has 1 fully saturated rings. The van der Waals surface area contributed by atoms with Gasteiger partial charge in [-0.15, -0.1) is 0 Å². The maximum Gasteiger partial charge on any atom is 0.276 e. The Kier molecular flexibility index (Phi) is 8.43. The quantitative estimate of drug-likeness (QED) is 0.544. The van der Waals surface area contributed by atoms with E-state index in [4.69, 9.17) is 18.7 Å². The molecular weight excluding hydrogens is 402 g/mol. The van der Waals surface area contributed by atoms with Gasteiger partial charge in [-0.3, -0.25) is 9.59 Å². The van der Waals surface area contributed by atoms with Crippen molar-refractivity contribution in [3.05, 3.63) is 36.0 Å². The largest absolute Gasteiger partial charge is 0.497 e. The zero-order valence-corrected chi connectivity index (χ0v) is 18.0. The number of hydrogen-bond acceptors (Lipinski definition) is 7. The fraction of sp³-hybridized carbons (Fsp3) is 0.500. The summed E-state index contributed by atoms with van der Waals surface area (Å²) in [5.74, 6) is 0.718. The molecule has 9 heteroatoms. The van der Waals surface area contributed by atoms with Crippen molar-refractivity contribution in [2.24, 2.45) is 0 Å². The first kappa shape index (κ1) is 22.8. The molecule has 2 aromatic rings. The molecule has 0 bridgehead atoms. The van der Waals surface area contributed by atoms with Crippen molar-refractivity contribution >= 4 is 11.8 Å². The van der Waals surface area contributed by atoms with E-state index in [-0.39, 0.29) is 36.6 Å². The summed E-state index contributed by atoms with van der Waals surface area (Å²) in [4.78, 5) is 26.8. The smallest absolute Gasteiger partial charge is 0.276 e. The zero-order chi connectivity index (χ0) is 22.1. The van der Waals surface area contributed by atoms with E-state index in [1.54, 1.807) is 25.2 Å². The van der Waals surface area contributed by atoms with E-state index >= 15 is 0 Å². The average molecular weight is 431 g/mol. The summed E-state index contributed by atoms with van der Waals surface area (Å²) in [5.41, 5.74) is 0.949. The number of amides is 2. The summed E-state index contributed by atoms with van der Waals surface area (Å²) in [7, 11) is 3.16. The number of hydrogen-bond donors (Lipinski definition) is 1. The van der Waals surface area contributed by atoms with E-state index < -0.39 is 0 Å². The van der Waals surface area contributed by atoms with Crippen molar-refractivity contribution in [2.75, 3.05) is 47.1 Å². The van der Waals surface area contributed by atoms with Crippen LogP contribution in [0.3, 0.4) is 0 Å². The molecule has 1 N–H and O–H groups in total. The maximum absolute atomic E-state index is 13.1. The Morgan fingerprint density at radius 3 is 2.90 bits per heavy atom. The van der Waals surface area contributed by atoms with E-state index in [1.807, 2.05) is 24.3 Å². The lowest BCUT2D eigenvalue weighted by Crippen LogP contribution is -2.40. The summed E-state index contributed by atoms with van der Waals surface area (Å²) >= 11 is 0. The van der Waals surface area contributed by atoms with Crippen LogP contribution in [0.2, 0.25) is 0 Å². The molecule has 1 aliphatic heterocycles. The highest BCUT2D eigenvalue weighted by Crippen LogP contribution is 2.25. The van der Waals surface area contributed by atoms with E-state index in [9.17, 15) is 9.59 Å². The Labute approximate surface area is 181 Å². The van der Waals surface area contributed by atoms with Crippen molar-refractivity contribution in [3.8, 4) is 17.1 Å². The van der Waals surface area contributed by atoms with Crippen molar-refractivity contribution < 1.29 is 28.3 Å². The lowest BCUT2D eigenvalue weighted by Gasteiger charge is -2.24. The van der Waals surface area contributed by atoms with Crippen LogP contribution >= 0.6 is 0 Å². The van der Waals surface area contributed by atoms with Gasteiger partial charge < -0.3 is 29.0 Å². The van der Waals surface area contributed by atoms with E-state index in [0.717, 1.165) is 18.4 Å². The van der Waals surface area contributed by atoms with Crippen LogP contribution in [0.25, 0.3) is 11.3 Å². The minimum Gasteiger partial charge on any atom is -0.497 e. The number of aromatic nitrogens is 1. The number of nitrogens with one attached hydrogen (secondary N) is 1. The summed E-state index contributed by atoms with van der Waals surface area (Å²) < 4.78 is 21.3. The third-order valence-electron chi connectivity index (χ3n) is 5.06. The first-order valence-electron chi connectivity index (χ1n) is 10.4. The first-order chi connectivity index (χ1) is 15.1. The molecule has 1 aliphatic rings. The normalized spacial score (nSPS) is 15.6. The van der Waals surface area contributed by atoms with Gasteiger partial charge in [0, 0.05) is 51.4 Å². The molecule has 2 amide bonds. The SMILES string of the molecule is COCCNC(=O)CCN(C[C@H]1CCCO1)C(=O)c1cc(-c2cccc(OC)c2)on1. The molecule has 31 heavy (non-hydrogen) atoms. The van der Waals surface area contributed by atoms with Crippen molar-refractivity contribution in [2.45, 2.75) is 25.4 Å². The van der Waals surface area contributed by atoms with Crippen molar-refractivity contribution in [3.63, 3.8) is 0 Å². The van der Waals surface area contributed by atoms with Crippen LogP contribution in [-0.4, -0.2) is 75.0 Å². The Morgan fingerprint density at radius 1 is 1.29 bits per heavy atom. The van der Waals surface area contributed by atoms with Crippen LogP contribution in [0.5, 0.6) is 5.75 Å². The topological polar surface area (TPSA) is 103 Å². The highest BCUT2D eigenvalue weighted by Gasteiger charge is 2.26. The van der Waals surface area contributed by atoms with Gasteiger partial charge in [0.1, 0.15) is 5.75 Å². The Hall–Kier alpha value is -2.91. The number of rotatable bonds is 11. The third kappa shape index (κ3) is 6.53. The molecule has 2 heterocycles. The van der Waals surface area contributed by atoms with Gasteiger partial charge in [0.15, 0.2) is 11.5 Å². The monoisotopic (exact) mass is 431 g/mol. The van der Waals surface area contributed by atoms with Gasteiger partial charge >= 0.3 is 0 Å². The van der Waals surface area contributed by atoms with Crippen molar-refractivity contribution in [1.82, 2.24) is 15.4 Å². The molecule has 0 radical (unpaired) electrons. The summed E-state index contributed by atoms with van der Waals surface area (Å²) in [6, 6.07) is 8.93. The standard InChI is InChI=1S/C22H29N3O6/c1-28-12-9-23-21(26)8-10-25(15-18-7-4-11-30-18)22(27)19-14-20(31-24-19)16-5-3-6-17(13-16)29-2/h3,5-6,13-14,18H,4,7-12,15H2,1-2H3,(H,23,26)/t18-/m1/s1. The Morgan fingerprint density at radius 2 is 2.16 bits per heavy atom. The Balaban J connectivity index is 1.68. The second-order valence-corrected chi connectivity index (χ2v) is 7.29. The third-order valence-corrected chi connectivity index (χ3v) is 5.06. The molecule has 0 aliphatic carbocycles.